The first-order chi connectivity index (χ1) is 17.3. The molecule has 0 aliphatic heterocycles. The molecule has 1 heterocycles. The molecule has 0 radical (unpaired) electrons. The number of hydrogen-bond acceptors (Lipinski definition) is 6. The Kier molecular flexibility index (Phi) is 8.04. The second kappa shape index (κ2) is 11.0. The van der Waals surface area contributed by atoms with Crippen LogP contribution in [0.1, 0.15) is 24.2 Å². The summed E-state index contributed by atoms with van der Waals surface area (Å²) < 4.78 is 35.1. The first-order valence-electron chi connectivity index (χ1n) is 11.4. The number of fused-ring (bicyclic) bond motifs is 1. The first kappa shape index (κ1) is 26.2. The number of nitrogens with zero attached hydrogens (tertiary/aromatic N) is 3. The minimum atomic E-state index is -3.65. The van der Waals surface area contributed by atoms with E-state index in [9.17, 15) is 13.2 Å². The van der Waals surface area contributed by atoms with Crippen LogP contribution in [-0.2, 0) is 10.0 Å². The smallest absolute Gasteiger partial charge is 0.243 e. The number of carbonyl (C=O) groups excluding carboxylic acids is 1. The van der Waals surface area contributed by atoms with Crippen LogP contribution in [0.15, 0.2) is 76.8 Å². The van der Waals surface area contributed by atoms with Crippen LogP contribution >= 0.6 is 23.4 Å². The van der Waals surface area contributed by atoms with Crippen LogP contribution in [0.2, 0.25) is 5.02 Å². The molecule has 1 aromatic heterocycles. The number of sulfonamides is 1. The van der Waals surface area contributed by atoms with Gasteiger partial charge in [0.15, 0.2) is 10.9 Å². The maximum Gasteiger partial charge on any atom is 0.243 e. The fourth-order valence-electron chi connectivity index (χ4n) is 3.93. The highest BCUT2D eigenvalue weighted by molar-refractivity contribution is 7.99. The highest BCUT2D eigenvalue weighted by Gasteiger charge is 2.24. The Morgan fingerprint density at radius 1 is 1.06 bits per heavy atom. The second-order valence-corrected chi connectivity index (χ2v) is 11.2. The summed E-state index contributed by atoms with van der Waals surface area (Å²) in [5, 5.41) is 1.04. The van der Waals surface area contributed by atoms with Gasteiger partial charge in [0.05, 0.1) is 34.5 Å². The van der Waals surface area contributed by atoms with Gasteiger partial charge in [-0.05, 0) is 42.5 Å². The van der Waals surface area contributed by atoms with Gasteiger partial charge >= 0.3 is 0 Å². The molecular formula is C26H26ClN3O4S2. The van der Waals surface area contributed by atoms with Gasteiger partial charge in [0, 0.05) is 23.7 Å². The predicted molar refractivity (Wildman–Crippen MR) is 144 cm³/mol. The van der Waals surface area contributed by atoms with Crippen molar-refractivity contribution in [3.05, 3.63) is 77.3 Å². The third kappa shape index (κ3) is 5.15. The normalized spacial score (nSPS) is 11.8. The van der Waals surface area contributed by atoms with Gasteiger partial charge in [0.1, 0.15) is 5.75 Å². The van der Waals surface area contributed by atoms with E-state index in [1.807, 2.05) is 42.7 Å². The van der Waals surface area contributed by atoms with Crippen molar-refractivity contribution in [2.24, 2.45) is 0 Å². The summed E-state index contributed by atoms with van der Waals surface area (Å²) in [7, 11) is -2.07. The quantitative estimate of drug-likeness (QED) is 0.189. The van der Waals surface area contributed by atoms with Gasteiger partial charge in [0.25, 0.3) is 0 Å². The number of imidazole rings is 1. The predicted octanol–water partition coefficient (Wildman–Crippen LogP) is 5.69. The highest BCUT2D eigenvalue weighted by atomic mass is 35.5. The van der Waals surface area contributed by atoms with Crippen molar-refractivity contribution in [2.45, 2.75) is 23.9 Å². The zero-order valence-corrected chi connectivity index (χ0v) is 22.5. The minimum Gasteiger partial charge on any atom is -0.495 e. The molecule has 0 spiro atoms. The molecule has 0 aliphatic rings. The van der Waals surface area contributed by atoms with Gasteiger partial charge < -0.3 is 4.74 Å². The van der Waals surface area contributed by atoms with Gasteiger partial charge in [0.2, 0.25) is 10.0 Å². The molecule has 0 unspecified atom stereocenters. The molecule has 4 rings (SSSR count). The number of Topliss-reactive ketones (excluding diaryl/α,β-unsaturated/α-hetero) is 1. The summed E-state index contributed by atoms with van der Waals surface area (Å²) in [5.74, 6) is 0.661. The summed E-state index contributed by atoms with van der Waals surface area (Å²) in [6.45, 7) is 4.36. The fourth-order valence-corrected chi connectivity index (χ4v) is 6.51. The van der Waals surface area contributed by atoms with Crippen LogP contribution in [0.4, 0.5) is 0 Å². The van der Waals surface area contributed by atoms with Crippen molar-refractivity contribution in [3.8, 4) is 11.4 Å². The number of halogens is 1. The van der Waals surface area contributed by atoms with Gasteiger partial charge in [-0.15, -0.1) is 0 Å². The Balaban J connectivity index is 1.80. The minimum absolute atomic E-state index is 0.0917. The molecule has 0 saturated carbocycles. The Morgan fingerprint density at radius 2 is 1.81 bits per heavy atom. The number of thioether (sulfide) groups is 1. The average molecular weight is 544 g/mol. The number of ketones is 1. The maximum atomic E-state index is 13.1. The SMILES string of the molecule is CCN(CC)S(=O)(=O)c1ccc2c(c1)nc(SCC(=O)c1cccc(Cl)c1)n2-c1ccccc1OC. The Morgan fingerprint density at radius 3 is 2.50 bits per heavy atom. The molecule has 0 saturated heterocycles. The number of hydrogen-bond donors (Lipinski definition) is 0. The van der Waals surface area contributed by atoms with Crippen LogP contribution in [0.5, 0.6) is 5.75 Å². The number of rotatable bonds is 10. The lowest BCUT2D eigenvalue weighted by molar-refractivity contribution is 0.102. The number of methoxy groups -OCH3 is 1. The molecule has 0 atom stereocenters. The molecule has 188 valence electrons. The van der Waals surface area contributed by atoms with E-state index >= 15 is 0 Å². The van der Waals surface area contributed by atoms with E-state index in [0.717, 1.165) is 5.69 Å². The second-order valence-electron chi connectivity index (χ2n) is 7.86. The Bertz CT molecular complexity index is 1510. The number of benzene rings is 3. The van der Waals surface area contributed by atoms with Gasteiger partial charge in [-0.2, -0.15) is 4.31 Å². The molecule has 0 aliphatic carbocycles. The summed E-state index contributed by atoms with van der Waals surface area (Å²) >= 11 is 7.32. The van der Waals surface area contributed by atoms with Crippen molar-refractivity contribution >= 4 is 50.2 Å². The van der Waals surface area contributed by atoms with Gasteiger partial charge in [-0.3, -0.25) is 9.36 Å². The van der Waals surface area contributed by atoms with Crippen LogP contribution in [0.25, 0.3) is 16.7 Å². The standard InChI is InChI=1S/C26H26ClN3O4S2/c1-4-29(5-2)36(32,33)20-13-14-22-21(16-20)28-26(30(22)23-11-6-7-12-25(23)34-3)35-17-24(31)18-9-8-10-19(27)15-18/h6-16H,4-5,17H2,1-3H3. The summed E-state index contributed by atoms with van der Waals surface area (Å²) in [6.07, 6.45) is 0. The van der Waals surface area contributed by atoms with Crippen LogP contribution in [0, 0.1) is 0 Å². The average Bonchev–Trinajstić information content (AvgIpc) is 3.25. The zero-order valence-electron chi connectivity index (χ0n) is 20.1. The monoisotopic (exact) mass is 543 g/mol. The molecule has 7 nitrogen and oxygen atoms in total. The number of para-hydroxylation sites is 2. The van der Waals surface area contributed by atoms with E-state index in [1.165, 1.54) is 16.1 Å². The summed E-state index contributed by atoms with van der Waals surface area (Å²) in [6, 6.07) is 19.2. The molecule has 0 amide bonds. The third-order valence-corrected chi connectivity index (χ3v) is 8.96. The molecule has 10 heteroatoms. The molecule has 3 aromatic carbocycles. The topological polar surface area (TPSA) is 81.5 Å². The molecular weight excluding hydrogens is 518 g/mol. The lowest BCUT2D eigenvalue weighted by Gasteiger charge is -2.18. The highest BCUT2D eigenvalue weighted by Crippen LogP contribution is 2.34. The van der Waals surface area contributed by atoms with E-state index in [0.29, 0.717) is 45.6 Å². The Labute approximate surface area is 220 Å². The van der Waals surface area contributed by atoms with Crippen LogP contribution < -0.4 is 4.74 Å². The summed E-state index contributed by atoms with van der Waals surface area (Å²) in [5.41, 5.74) is 2.46. The van der Waals surface area contributed by atoms with E-state index < -0.39 is 10.0 Å². The molecule has 4 aromatic rings. The molecule has 0 N–H and O–H groups in total. The van der Waals surface area contributed by atoms with Crippen molar-refractivity contribution in [1.29, 1.82) is 0 Å². The number of ether oxygens (including phenoxy) is 1. The van der Waals surface area contributed by atoms with Crippen LogP contribution in [-0.4, -0.2) is 54.0 Å². The molecule has 0 fully saturated rings. The lowest BCUT2D eigenvalue weighted by Crippen LogP contribution is -2.30. The third-order valence-electron chi connectivity index (χ3n) is 5.74. The first-order valence-corrected chi connectivity index (χ1v) is 14.2. The maximum absolute atomic E-state index is 13.1. The lowest BCUT2D eigenvalue weighted by atomic mass is 10.1. The van der Waals surface area contributed by atoms with E-state index in [1.54, 1.807) is 49.6 Å². The number of carbonyl (C=O) groups is 1. The van der Waals surface area contributed by atoms with E-state index in [2.05, 4.69) is 0 Å². The van der Waals surface area contributed by atoms with E-state index in [4.69, 9.17) is 21.3 Å². The van der Waals surface area contributed by atoms with E-state index in [-0.39, 0.29) is 16.4 Å². The Hall–Kier alpha value is -2.85. The van der Waals surface area contributed by atoms with Crippen molar-refractivity contribution in [2.75, 3.05) is 26.0 Å². The number of aromatic nitrogens is 2. The van der Waals surface area contributed by atoms with Gasteiger partial charge in [-0.25, -0.2) is 13.4 Å². The largest absolute Gasteiger partial charge is 0.495 e. The van der Waals surface area contributed by atoms with Crippen molar-refractivity contribution in [1.82, 2.24) is 13.9 Å². The summed E-state index contributed by atoms with van der Waals surface area (Å²) in [4.78, 5) is 17.8. The van der Waals surface area contributed by atoms with Crippen LogP contribution in [0.3, 0.4) is 0 Å². The molecule has 0 bridgehead atoms. The van der Waals surface area contributed by atoms with Crippen molar-refractivity contribution in [3.63, 3.8) is 0 Å². The van der Waals surface area contributed by atoms with Crippen molar-refractivity contribution < 1.29 is 17.9 Å². The fraction of sp³-hybridized carbons (Fsp3) is 0.231. The van der Waals surface area contributed by atoms with Gasteiger partial charge in [-0.1, -0.05) is 61.5 Å². The molecule has 36 heavy (non-hydrogen) atoms. The zero-order chi connectivity index (χ0) is 25.9.